The third-order valence-electron chi connectivity index (χ3n) is 5.23. The van der Waals surface area contributed by atoms with Crippen molar-refractivity contribution in [2.45, 2.75) is 0 Å². The fraction of sp³-hybridized carbons (Fsp3) is 0.0833. The molecular formula is C24H18N2O. The third kappa shape index (κ3) is 2.46. The topological polar surface area (TPSA) is 66.9 Å². The summed E-state index contributed by atoms with van der Waals surface area (Å²) < 4.78 is 0. The average Bonchev–Trinajstić information content (AvgIpc) is 2.82. The molecule has 0 unspecified atom stereocenters. The number of benzene rings is 2. The van der Waals surface area contributed by atoms with Crippen LogP contribution in [-0.4, -0.2) is 5.91 Å². The molecule has 27 heavy (non-hydrogen) atoms. The first-order valence-electron chi connectivity index (χ1n) is 8.82. The zero-order valence-electron chi connectivity index (χ0n) is 14.7. The number of allylic oxidation sites excluding steroid dienone is 7. The van der Waals surface area contributed by atoms with Crippen LogP contribution in [0.2, 0.25) is 0 Å². The van der Waals surface area contributed by atoms with Gasteiger partial charge in [-0.05, 0) is 27.8 Å². The summed E-state index contributed by atoms with van der Waals surface area (Å²) in [7, 11) is 0. The second-order valence-corrected chi connectivity index (χ2v) is 6.64. The largest absolute Gasteiger partial charge is 0.368 e. The van der Waals surface area contributed by atoms with E-state index in [2.05, 4.69) is 6.07 Å². The summed E-state index contributed by atoms with van der Waals surface area (Å²) >= 11 is 0. The Morgan fingerprint density at radius 2 is 1.56 bits per heavy atom. The maximum Gasteiger partial charge on any atom is 0.243 e. The quantitative estimate of drug-likeness (QED) is 0.898. The lowest BCUT2D eigenvalue weighted by molar-refractivity contribution is -0.123. The van der Waals surface area contributed by atoms with E-state index < -0.39 is 17.2 Å². The van der Waals surface area contributed by atoms with Crippen LogP contribution in [-0.2, 0) is 4.79 Å². The molecular weight excluding hydrogens is 332 g/mol. The first-order chi connectivity index (χ1) is 13.2. The van der Waals surface area contributed by atoms with Gasteiger partial charge in [-0.15, -0.1) is 0 Å². The molecule has 2 N–H and O–H groups in total. The van der Waals surface area contributed by atoms with Crippen LogP contribution in [0.15, 0.2) is 96.6 Å². The molecule has 2 aliphatic rings. The van der Waals surface area contributed by atoms with Crippen LogP contribution in [0.25, 0.3) is 11.1 Å². The summed E-state index contributed by atoms with van der Waals surface area (Å²) in [5.41, 5.74) is 8.76. The van der Waals surface area contributed by atoms with Gasteiger partial charge in [0.15, 0.2) is 5.41 Å². The van der Waals surface area contributed by atoms with E-state index in [4.69, 9.17) is 5.73 Å². The first kappa shape index (κ1) is 16.8. The van der Waals surface area contributed by atoms with Crippen molar-refractivity contribution in [2.24, 2.45) is 17.1 Å². The number of amides is 1. The number of hydrogen-bond donors (Lipinski definition) is 1. The highest BCUT2D eigenvalue weighted by atomic mass is 16.1. The van der Waals surface area contributed by atoms with Gasteiger partial charge >= 0.3 is 0 Å². The summed E-state index contributed by atoms with van der Waals surface area (Å²) in [6.07, 6.45) is 9.60. The van der Waals surface area contributed by atoms with E-state index >= 15 is 0 Å². The predicted molar refractivity (Wildman–Crippen MR) is 107 cm³/mol. The average molecular weight is 350 g/mol. The van der Waals surface area contributed by atoms with Gasteiger partial charge in [0.1, 0.15) is 0 Å². The first-order valence-corrected chi connectivity index (χ1v) is 8.82. The number of carbonyl (C=O) groups excluding carboxylic acids is 1. The molecule has 3 heteroatoms. The molecule has 0 spiro atoms. The van der Waals surface area contributed by atoms with Crippen molar-refractivity contribution >= 4 is 17.1 Å². The maximum atomic E-state index is 12.8. The minimum absolute atomic E-state index is 0.430. The van der Waals surface area contributed by atoms with Crippen molar-refractivity contribution < 1.29 is 4.79 Å². The fourth-order valence-electron chi connectivity index (χ4n) is 4.07. The van der Waals surface area contributed by atoms with E-state index in [1.165, 1.54) is 0 Å². The molecule has 0 radical (unpaired) electrons. The molecule has 0 saturated heterocycles. The Kier molecular flexibility index (Phi) is 4.10. The summed E-state index contributed by atoms with van der Waals surface area (Å²) in [5.74, 6) is -1.06. The van der Waals surface area contributed by atoms with Crippen molar-refractivity contribution in [2.75, 3.05) is 0 Å². The normalized spacial score (nSPS) is 23.4. The predicted octanol–water partition coefficient (Wildman–Crippen LogP) is 4.27. The number of primary amides is 1. The van der Waals surface area contributed by atoms with Gasteiger partial charge < -0.3 is 5.73 Å². The van der Waals surface area contributed by atoms with E-state index in [0.717, 1.165) is 22.3 Å². The molecule has 0 bridgehead atoms. The highest BCUT2D eigenvalue weighted by molar-refractivity contribution is 6.15. The minimum Gasteiger partial charge on any atom is -0.368 e. The highest BCUT2D eigenvalue weighted by Crippen LogP contribution is 2.58. The highest BCUT2D eigenvalue weighted by Gasteiger charge is 2.55. The van der Waals surface area contributed by atoms with Gasteiger partial charge in [-0.2, -0.15) is 5.26 Å². The van der Waals surface area contributed by atoms with Crippen LogP contribution in [0, 0.1) is 22.7 Å². The molecule has 0 aliphatic heterocycles. The lowest BCUT2D eigenvalue weighted by Gasteiger charge is -2.27. The molecule has 0 aromatic heterocycles. The second kappa shape index (κ2) is 6.59. The second-order valence-electron chi connectivity index (χ2n) is 6.64. The number of carbonyl (C=O) groups is 1. The Bertz CT molecular complexity index is 1050. The van der Waals surface area contributed by atoms with Crippen LogP contribution in [0.1, 0.15) is 11.1 Å². The minimum atomic E-state index is -1.46. The zero-order valence-corrected chi connectivity index (χ0v) is 14.7. The van der Waals surface area contributed by atoms with Crippen molar-refractivity contribution in [3.8, 4) is 6.07 Å². The molecule has 2 atom stereocenters. The third-order valence-corrected chi connectivity index (χ3v) is 5.23. The van der Waals surface area contributed by atoms with Gasteiger partial charge in [-0.25, -0.2) is 0 Å². The smallest absolute Gasteiger partial charge is 0.243 e. The summed E-state index contributed by atoms with van der Waals surface area (Å²) in [6.45, 7) is 0. The monoisotopic (exact) mass is 350 g/mol. The van der Waals surface area contributed by atoms with Crippen molar-refractivity contribution in [3.05, 3.63) is 108 Å². The van der Waals surface area contributed by atoms with Crippen molar-refractivity contribution in [1.82, 2.24) is 0 Å². The van der Waals surface area contributed by atoms with Gasteiger partial charge in [-0.1, -0.05) is 91.0 Å². The number of hydrogen-bond acceptors (Lipinski definition) is 2. The van der Waals surface area contributed by atoms with Crippen molar-refractivity contribution in [1.29, 1.82) is 5.26 Å². The van der Waals surface area contributed by atoms with E-state index in [0.29, 0.717) is 5.57 Å². The molecule has 1 amide bonds. The molecule has 4 rings (SSSR count). The van der Waals surface area contributed by atoms with Crippen LogP contribution >= 0.6 is 0 Å². The summed E-state index contributed by atoms with van der Waals surface area (Å²) in [6, 6.07) is 21.8. The maximum absolute atomic E-state index is 12.8. The summed E-state index contributed by atoms with van der Waals surface area (Å²) in [4.78, 5) is 12.8. The molecule has 2 aliphatic carbocycles. The van der Waals surface area contributed by atoms with Crippen LogP contribution < -0.4 is 5.73 Å². The molecule has 0 saturated carbocycles. The zero-order chi connectivity index (χ0) is 18.9. The van der Waals surface area contributed by atoms with Crippen LogP contribution in [0.5, 0.6) is 0 Å². The molecule has 3 nitrogen and oxygen atoms in total. The number of nitrogens with two attached hydrogens (primary N) is 1. The molecule has 0 fully saturated rings. The fourth-order valence-corrected chi connectivity index (χ4v) is 4.07. The SMILES string of the molecule is N#C[C@@]1(C(N)=O)C(c2ccccc2)=C(c2ccccc2)C2=CC=CC=C[C@H]21. The van der Waals surface area contributed by atoms with E-state index in [9.17, 15) is 10.1 Å². The number of nitriles is 1. The molecule has 2 aromatic rings. The van der Waals surface area contributed by atoms with Crippen molar-refractivity contribution in [3.63, 3.8) is 0 Å². The van der Waals surface area contributed by atoms with Gasteiger partial charge in [0, 0.05) is 5.92 Å². The molecule has 130 valence electrons. The number of nitrogens with zero attached hydrogens (tertiary/aromatic N) is 1. The van der Waals surface area contributed by atoms with Gasteiger partial charge in [0.05, 0.1) is 6.07 Å². The molecule has 2 aromatic carbocycles. The Labute approximate surface area is 158 Å². The number of fused-ring (bicyclic) bond motifs is 1. The lowest BCUT2D eigenvalue weighted by atomic mass is 9.71. The van der Waals surface area contributed by atoms with E-state index in [1.54, 1.807) is 0 Å². The van der Waals surface area contributed by atoms with Crippen LogP contribution in [0.3, 0.4) is 0 Å². The Morgan fingerprint density at radius 1 is 0.926 bits per heavy atom. The molecule has 0 heterocycles. The van der Waals surface area contributed by atoms with Crippen LogP contribution in [0.4, 0.5) is 0 Å². The van der Waals surface area contributed by atoms with Gasteiger partial charge in [0.25, 0.3) is 0 Å². The van der Waals surface area contributed by atoms with Gasteiger partial charge in [-0.3, -0.25) is 4.79 Å². The van der Waals surface area contributed by atoms with E-state index in [-0.39, 0.29) is 0 Å². The summed E-state index contributed by atoms with van der Waals surface area (Å²) in [5, 5.41) is 10.2. The Balaban J connectivity index is 2.15. The van der Waals surface area contributed by atoms with E-state index in [1.807, 2.05) is 91.0 Å². The van der Waals surface area contributed by atoms with Gasteiger partial charge in [0.2, 0.25) is 5.91 Å². The Morgan fingerprint density at radius 3 is 2.15 bits per heavy atom. The Hall–Kier alpha value is -3.64. The standard InChI is InChI=1S/C24H18N2O/c25-16-24(23(26)27)20-15-9-3-8-14-19(20)21(17-10-4-1-5-11-17)22(24)18-12-6-2-7-13-18/h1-15,20H,(H2,26,27)/t20-,24+/m1/s1. The number of rotatable bonds is 3. The lowest BCUT2D eigenvalue weighted by Crippen LogP contribution is -2.40.